The van der Waals surface area contributed by atoms with Gasteiger partial charge in [0.15, 0.2) is 0 Å². The van der Waals surface area contributed by atoms with Crippen molar-refractivity contribution in [1.82, 2.24) is 15.5 Å². The second-order valence-electron chi connectivity index (χ2n) is 4.27. The number of aromatic nitrogens is 2. The van der Waals surface area contributed by atoms with E-state index in [1.54, 1.807) is 11.3 Å². The summed E-state index contributed by atoms with van der Waals surface area (Å²) in [6.45, 7) is 6.28. The highest BCUT2D eigenvalue weighted by Crippen LogP contribution is 2.26. The quantitative estimate of drug-likeness (QED) is 0.813. The molecule has 0 saturated heterocycles. The zero-order valence-electron chi connectivity index (χ0n) is 10.9. The van der Waals surface area contributed by atoms with Crippen LogP contribution in [-0.2, 0) is 6.42 Å². The van der Waals surface area contributed by atoms with Gasteiger partial charge in [-0.3, -0.25) is 0 Å². The first-order valence-electron chi connectivity index (χ1n) is 6.39. The first-order chi connectivity index (χ1) is 8.81. The van der Waals surface area contributed by atoms with Crippen molar-refractivity contribution >= 4 is 11.3 Å². The van der Waals surface area contributed by atoms with E-state index in [0.717, 1.165) is 29.5 Å². The van der Waals surface area contributed by atoms with Crippen LogP contribution in [0.25, 0.3) is 0 Å². The molecule has 2 aromatic rings. The highest BCUT2D eigenvalue weighted by Gasteiger charge is 2.13. The highest BCUT2D eigenvalue weighted by molar-refractivity contribution is 7.11. The summed E-state index contributed by atoms with van der Waals surface area (Å²) < 4.78 is 0. The van der Waals surface area contributed by atoms with Gasteiger partial charge in [-0.05, 0) is 12.1 Å². The minimum absolute atomic E-state index is 0.330. The van der Waals surface area contributed by atoms with E-state index in [9.17, 15) is 0 Å². The summed E-state index contributed by atoms with van der Waals surface area (Å²) in [5.41, 5.74) is 1.30. The van der Waals surface area contributed by atoms with Gasteiger partial charge >= 0.3 is 0 Å². The van der Waals surface area contributed by atoms with E-state index in [1.165, 1.54) is 5.56 Å². The molecular weight excluding hydrogens is 242 g/mol. The first-order valence-corrected chi connectivity index (χ1v) is 7.21. The number of nitrogens with zero attached hydrogens (tertiary/aromatic N) is 2. The summed E-state index contributed by atoms with van der Waals surface area (Å²) in [6, 6.07) is 10.5. The second-order valence-corrected chi connectivity index (χ2v) is 5.36. The zero-order valence-corrected chi connectivity index (χ0v) is 11.7. The highest BCUT2D eigenvalue weighted by atomic mass is 32.1. The molecule has 0 saturated carbocycles. The van der Waals surface area contributed by atoms with Crippen LogP contribution < -0.4 is 5.32 Å². The third-order valence-electron chi connectivity index (χ3n) is 2.92. The minimum Gasteiger partial charge on any atom is -0.317 e. The minimum atomic E-state index is 0.330. The molecule has 1 atom stereocenters. The van der Waals surface area contributed by atoms with Crippen molar-refractivity contribution in [2.24, 2.45) is 0 Å². The smallest absolute Gasteiger partial charge is 0.124 e. The van der Waals surface area contributed by atoms with Crippen LogP contribution >= 0.6 is 11.3 Å². The normalized spacial score (nSPS) is 12.6. The SMILES string of the molecule is CCNCCc1nnc(C(C)c2ccccc2)s1. The Bertz CT molecular complexity index is 467. The van der Waals surface area contributed by atoms with Crippen molar-refractivity contribution in [1.29, 1.82) is 0 Å². The molecule has 0 radical (unpaired) electrons. The van der Waals surface area contributed by atoms with Gasteiger partial charge in [0.1, 0.15) is 10.0 Å². The average molecular weight is 261 g/mol. The van der Waals surface area contributed by atoms with Gasteiger partial charge in [-0.1, -0.05) is 44.2 Å². The Kier molecular flexibility index (Phi) is 4.84. The number of nitrogens with one attached hydrogen (secondary N) is 1. The summed E-state index contributed by atoms with van der Waals surface area (Å²) in [7, 11) is 0. The summed E-state index contributed by atoms with van der Waals surface area (Å²) in [5, 5.41) is 14.1. The van der Waals surface area contributed by atoms with Gasteiger partial charge in [0, 0.05) is 18.9 Å². The molecule has 0 amide bonds. The fourth-order valence-corrected chi connectivity index (χ4v) is 2.72. The lowest BCUT2D eigenvalue weighted by Crippen LogP contribution is -2.15. The fourth-order valence-electron chi connectivity index (χ4n) is 1.80. The zero-order chi connectivity index (χ0) is 12.8. The van der Waals surface area contributed by atoms with E-state index in [2.05, 4.69) is 53.6 Å². The molecular formula is C14H19N3S. The molecule has 1 heterocycles. The number of hydrogen-bond acceptors (Lipinski definition) is 4. The monoisotopic (exact) mass is 261 g/mol. The van der Waals surface area contributed by atoms with Crippen LogP contribution in [0.1, 0.15) is 35.3 Å². The Morgan fingerprint density at radius 1 is 1.22 bits per heavy atom. The molecule has 3 nitrogen and oxygen atoms in total. The summed E-state index contributed by atoms with van der Waals surface area (Å²) in [5.74, 6) is 0.330. The van der Waals surface area contributed by atoms with Crippen molar-refractivity contribution in [3.8, 4) is 0 Å². The molecule has 0 fully saturated rings. The number of benzene rings is 1. The van der Waals surface area contributed by atoms with Crippen molar-refractivity contribution in [3.05, 3.63) is 45.9 Å². The van der Waals surface area contributed by atoms with Crippen LogP contribution in [0, 0.1) is 0 Å². The van der Waals surface area contributed by atoms with Gasteiger partial charge in [-0.15, -0.1) is 21.5 Å². The van der Waals surface area contributed by atoms with Crippen LogP contribution in [0.2, 0.25) is 0 Å². The molecule has 18 heavy (non-hydrogen) atoms. The van der Waals surface area contributed by atoms with Gasteiger partial charge in [0.2, 0.25) is 0 Å². The standard InChI is InChI=1S/C14H19N3S/c1-3-15-10-9-13-16-17-14(18-13)11(2)12-7-5-4-6-8-12/h4-8,11,15H,3,9-10H2,1-2H3. The van der Waals surface area contributed by atoms with Crippen molar-refractivity contribution in [2.45, 2.75) is 26.2 Å². The lowest BCUT2D eigenvalue weighted by molar-refractivity contribution is 0.709. The molecule has 0 aliphatic rings. The number of rotatable bonds is 6. The Hall–Kier alpha value is -1.26. The number of hydrogen-bond donors (Lipinski definition) is 1. The van der Waals surface area contributed by atoms with E-state index in [1.807, 2.05) is 6.07 Å². The topological polar surface area (TPSA) is 37.8 Å². The maximum absolute atomic E-state index is 4.31. The van der Waals surface area contributed by atoms with Gasteiger partial charge < -0.3 is 5.32 Å². The molecule has 0 aliphatic carbocycles. The second kappa shape index (κ2) is 6.61. The molecule has 0 aliphatic heterocycles. The largest absolute Gasteiger partial charge is 0.317 e. The fraction of sp³-hybridized carbons (Fsp3) is 0.429. The Morgan fingerprint density at radius 2 is 2.00 bits per heavy atom. The molecule has 1 aromatic carbocycles. The average Bonchev–Trinajstić information content (AvgIpc) is 2.88. The maximum Gasteiger partial charge on any atom is 0.124 e. The molecule has 0 spiro atoms. The molecule has 1 unspecified atom stereocenters. The third-order valence-corrected chi connectivity index (χ3v) is 4.08. The van der Waals surface area contributed by atoms with Crippen molar-refractivity contribution in [3.63, 3.8) is 0 Å². The summed E-state index contributed by atoms with van der Waals surface area (Å²) in [4.78, 5) is 0. The molecule has 4 heteroatoms. The van der Waals surface area contributed by atoms with Crippen LogP contribution in [0.4, 0.5) is 0 Å². The van der Waals surface area contributed by atoms with Crippen LogP contribution in [0.15, 0.2) is 30.3 Å². The van der Waals surface area contributed by atoms with Crippen LogP contribution in [0.5, 0.6) is 0 Å². The van der Waals surface area contributed by atoms with Gasteiger partial charge in [-0.25, -0.2) is 0 Å². The van der Waals surface area contributed by atoms with Gasteiger partial charge in [0.25, 0.3) is 0 Å². The van der Waals surface area contributed by atoms with E-state index >= 15 is 0 Å². The summed E-state index contributed by atoms with van der Waals surface area (Å²) in [6.07, 6.45) is 0.965. The third kappa shape index (κ3) is 3.37. The molecule has 1 aromatic heterocycles. The Morgan fingerprint density at radius 3 is 2.72 bits per heavy atom. The molecule has 1 N–H and O–H groups in total. The van der Waals surface area contributed by atoms with E-state index in [4.69, 9.17) is 0 Å². The van der Waals surface area contributed by atoms with Gasteiger partial charge in [-0.2, -0.15) is 0 Å². The predicted molar refractivity (Wildman–Crippen MR) is 76.1 cm³/mol. The van der Waals surface area contributed by atoms with Crippen molar-refractivity contribution in [2.75, 3.05) is 13.1 Å². The molecule has 2 rings (SSSR count). The first kappa shape index (κ1) is 13.2. The van der Waals surface area contributed by atoms with E-state index in [0.29, 0.717) is 5.92 Å². The van der Waals surface area contributed by atoms with Crippen LogP contribution in [0.3, 0.4) is 0 Å². The number of likely N-dealkylation sites (N-methyl/N-ethyl adjacent to an activating group) is 1. The van der Waals surface area contributed by atoms with E-state index in [-0.39, 0.29) is 0 Å². The molecule has 96 valence electrons. The lowest BCUT2D eigenvalue weighted by atomic mass is 10.0. The van der Waals surface area contributed by atoms with Gasteiger partial charge in [0.05, 0.1) is 0 Å². The predicted octanol–water partition coefficient (Wildman–Crippen LogP) is 2.84. The van der Waals surface area contributed by atoms with E-state index < -0.39 is 0 Å². The lowest BCUT2D eigenvalue weighted by Gasteiger charge is -2.06. The van der Waals surface area contributed by atoms with Crippen molar-refractivity contribution < 1.29 is 0 Å². The Labute approximate surface area is 112 Å². The molecule has 0 bridgehead atoms. The maximum atomic E-state index is 4.31. The summed E-state index contributed by atoms with van der Waals surface area (Å²) >= 11 is 1.72. The van der Waals surface area contributed by atoms with Crippen LogP contribution in [-0.4, -0.2) is 23.3 Å². The Balaban J connectivity index is 2.01.